The molecule has 20 heavy (non-hydrogen) atoms. The summed E-state index contributed by atoms with van der Waals surface area (Å²) in [5.74, 6) is 0.281. The molecule has 1 amide bonds. The van der Waals surface area contributed by atoms with E-state index >= 15 is 0 Å². The molecule has 0 aliphatic rings. The summed E-state index contributed by atoms with van der Waals surface area (Å²) in [4.78, 5) is 11.9. The molecule has 1 heterocycles. The van der Waals surface area contributed by atoms with Crippen molar-refractivity contribution in [2.45, 2.75) is 13.0 Å². The topological polar surface area (TPSA) is 64.4 Å². The van der Waals surface area contributed by atoms with Crippen molar-refractivity contribution in [2.75, 3.05) is 13.7 Å². The molecule has 0 spiro atoms. The molecular formula is C14H15BrN2O3. The number of ether oxygens (including phenoxy) is 1. The molecule has 2 aromatic rings. The van der Waals surface area contributed by atoms with Crippen LogP contribution >= 0.6 is 15.9 Å². The van der Waals surface area contributed by atoms with Crippen LogP contribution < -0.4 is 5.32 Å². The molecule has 1 aromatic carbocycles. The number of halogens is 1. The Kier molecular flexibility index (Phi) is 4.92. The molecule has 0 saturated carbocycles. The monoisotopic (exact) mass is 338 g/mol. The summed E-state index contributed by atoms with van der Waals surface area (Å²) in [6.07, 6.45) is 0. The summed E-state index contributed by atoms with van der Waals surface area (Å²) < 4.78 is 11.1. The molecule has 0 radical (unpaired) electrons. The van der Waals surface area contributed by atoms with Gasteiger partial charge in [0.25, 0.3) is 5.91 Å². The van der Waals surface area contributed by atoms with Gasteiger partial charge in [-0.1, -0.05) is 33.2 Å². The normalized spacial score (nSPS) is 12.2. The number of nitrogens with zero attached hydrogens (tertiary/aromatic N) is 1. The Morgan fingerprint density at radius 2 is 2.15 bits per heavy atom. The maximum atomic E-state index is 11.9. The van der Waals surface area contributed by atoms with Crippen LogP contribution in [0.5, 0.6) is 0 Å². The van der Waals surface area contributed by atoms with E-state index in [-0.39, 0.29) is 17.6 Å². The number of hydrogen-bond donors (Lipinski definition) is 1. The first-order valence-corrected chi connectivity index (χ1v) is 6.92. The van der Waals surface area contributed by atoms with Gasteiger partial charge >= 0.3 is 0 Å². The second-order valence-electron chi connectivity index (χ2n) is 4.41. The number of carbonyl (C=O) groups excluding carboxylic acids is 1. The predicted molar refractivity (Wildman–Crippen MR) is 78.4 cm³/mol. The molecule has 1 atom stereocenters. The number of amides is 1. The fraction of sp³-hybridized carbons (Fsp3) is 0.286. The maximum absolute atomic E-state index is 11.9. The van der Waals surface area contributed by atoms with E-state index in [1.165, 1.54) is 0 Å². The minimum Gasteiger partial charge on any atom is -0.383 e. The van der Waals surface area contributed by atoms with Crippen molar-refractivity contribution in [1.29, 1.82) is 0 Å². The van der Waals surface area contributed by atoms with E-state index in [2.05, 4.69) is 26.4 Å². The van der Waals surface area contributed by atoms with Gasteiger partial charge in [0.05, 0.1) is 6.61 Å². The van der Waals surface area contributed by atoms with Gasteiger partial charge in [0.1, 0.15) is 0 Å². The Labute approximate surface area is 125 Å². The predicted octanol–water partition coefficient (Wildman–Crippen LogP) is 2.87. The summed E-state index contributed by atoms with van der Waals surface area (Å²) in [6, 6.07) is 9.12. The van der Waals surface area contributed by atoms with E-state index < -0.39 is 0 Å². The van der Waals surface area contributed by atoms with Crippen molar-refractivity contribution in [3.8, 4) is 11.3 Å². The highest BCUT2D eigenvalue weighted by molar-refractivity contribution is 9.10. The van der Waals surface area contributed by atoms with Crippen LogP contribution in [0.15, 0.2) is 39.3 Å². The number of aromatic nitrogens is 1. The van der Waals surface area contributed by atoms with Gasteiger partial charge in [-0.25, -0.2) is 0 Å². The number of hydrogen-bond acceptors (Lipinski definition) is 4. The lowest BCUT2D eigenvalue weighted by atomic mass is 10.1. The van der Waals surface area contributed by atoms with Gasteiger partial charge in [0.15, 0.2) is 11.5 Å². The molecule has 0 bridgehead atoms. The summed E-state index contributed by atoms with van der Waals surface area (Å²) in [5, 5.41) is 6.57. The highest BCUT2D eigenvalue weighted by Crippen LogP contribution is 2.22. The summed E-state index contributed by atoms with van der Waals surface area (Å²) in [7, 11) is 1.59. The number of methoxy groups -OCH3 is 1. The SMILES string of the molecule is COC[C@@H](C)NC(=O)c1cc(-c2ccc(Br)cc2)on1. The van der Waals surface area contributed by atoms with E-state index in [1.807, 2.05) is 31.2 Å². The molecule has 0 saturated heterocycles. The van der Waals surface area contributed by atoms with Crippen molar-refractivity contribution in [2.24, 2.45) is 0 Å². The molecule has 0 fully saturated rings. The lowest BCUT2D eigenvalue weighted by Crippen LogP contribution is -2.35. The summed E-state index contributed by atoms with van der Waals surface area (Å²) in [6.45, 7) is 2.31. The second-order valence-corrected chi connectivity index (χ2v) is 5.33. The summed E-state index contributed by atoms with van der Waals surface area (Å²) >= 11 is 3.37. The fourth-order valence-corrected chi connectivity index (χ4v) is 1.99. The zero-order chi connectivity index (χ0) is 14.5. The highest BCUT2D eigenvalue weighted by atomic mass is 79.9. The average molecular weight is 339 g/mol. The zero-order valence-electron chi connectivity index (χ0n) is 11.2. The van der Waals surface area contributed by atoms with Crippen LogP contribution in [-0.2, 0) is 4.74 Å². The number of nitrogens with one attached hydrogen (secondary N) is 1. The lowest BCUT2D eigenvalue weighted by molar-refractivity contribution is 0.0896. The van der Waals surface area contributed by atoms with Gasteiger partial charge in [-0.2, -0.15) is 0 Å². The van der Waals surface area contributed by atoms with Crippen LogP contribution in [-0.4, -0.2) is 30.8 Å². The molecule has 0 unspecified atom stereocenters. The van der Waals surface area contributed by atoms with Gasteiger partial charge in [-0.05, 0) is 19.1 Å². The Balaban J connectivity index is 2.08. The Morgan fingerprint density at radius 3 is 2.80 bits per heavy atom. The van der Waals surface area contributed by atoms with E-state index in [9.17, 15) is 4.79 Å². The third-order valence-electron chi connectivity index (χ3n) is 2.67. The van der Waals surface area contributed by atoms with Gasteiger partial charge in [0, 0.05) is 29.3 Å². The van der Waals surface area contributed by atoms with Crippen molar-refractivity contribution < 1.29 is 14.1 Å². The number of rotatable bonds is 5. The third-order valence-corrected chi connectivity index (χ3v) is 3.19. The van der Waals surface area contributed by atoms with Crippen molar-refractivity contribution in [3.05, 3.63) is 40.5 Å². The van der Waals surface area contributed by atoms with E-state index in [0.717, 1.165) is 10.0 Å². The van der Waals surface area contributed by atoms with Gasteiger partial charge < -0.3 is 14.6 Å². The molecule has 5 nitrogen and oxygen atoms in total. The molecule has 1 aromatic heterocycles. The van der Waals surface area contributed by atoms with Crippen molar-refractivity contribution in [3.63, 3.8) is 0 Å². The van der Waals surface area contributed by atoms with Crippen LogP contribution in [0.2, 0.25) is 0 Å². The van der Waals surface area contributed by atoms with Gasteiger partial charge in [0.2, 0.25) is 0 Å². The molecular weight excluding hydrogens is 324 g/mol. The molecule has 1 N–H and O–H groups in total. The standard InChI is InChI=1S/C14H15BrN2O3/c1-9(8-19-2)16-14(18)12-7-13(20-17-12)10-3-5-11(15)6-4-10/h3-7,9H,8H2,1-2H3,(H,16,18)/t9-/m1/s1. The van der Waals surface area contributed by atoms with Crippen LogP contribution in [0.3, 0.4) is 0 Å². The van der Waals surface area contributed by atoms with Crippen LogP contribution in [0.1, 0.15) is 17.4 Å². The fourth-order valence-electron chi connectivity index (χ4n) is 1.72. The molecule has 0 aliphatic carbocycles. The third kappa shape index (κ3) is 3.68. The number of benzene rings is 1. The van der Waals surface area contributed by atoms with Gasteiger partial charge in [-0.15, -0.1) is 0 Å². The van der Waals surface area contributed by atoms with Crippen molar-refractivity contribution in [1.82, 2.24) is 10.5 Å². The molecule has 0 aliphatic heterocycles. The number of carbonyl (C=O) groups is 1. The van der Waals surface area contributed by atoms with Crippen LogP contribution in [0, 0.1) is 0 Å². The van der Waals surface area contributed by atoms with E-state index in [1.54, 1.807) is 13.2 Å². The van der Waals surface area contributed by atoms with Crippen LogP contribution in [0.25, 0.3) is 11.3 Å². The lowest BCUT2D eigenvalue weighted by Gasteiger charge is -2.10. The van der Waals surface area contributed by atoms with E-state index in [0.29, 0.717) is 12.4 Å². The van der Waals surface area contributed by atoms with E-state index in [4.69, 9.17) is 9.26 Å². The highest BCUT2D eigenvalue weighted by Gasteiger charge is 2.15. The molecule has 6 heteroatoms. The zero-order valence-corrected chi connectivity index (χ0v) is 12.8. The molecule has 2 rings (SSSR count). The first-order chi connectivity index (χ1) is 9.60. The Bertz CT molecular complexity index is 580. The van der Waals surface area contributed by atoms with Crippen LogP contribution in [0.4, 0.5) is 0 Å². The Hall–Kier alpha value is -1.66. The quantitative estimate of drug-likeness (QED) is 0.910. The minimum absolute atomic E-state index is 0.0830. The maximum Gasteiger partial charge on any atom is 0.273 e. The molecule has 106 valence electrons. The minimum atomic E-state index is -0.276. The first kappa shape index (κ1) is 14.7. The first-order valence-electron chi connectivity index (χ1n) is 6.12. The average Bonchev–Trinajstić information content (AvgIpc) is 2.89. The summed E-state index contributed by atoms with van der Waals surface area (Å²) in [5.41, 5.74) is 1.12. The smallest absolute Gasteiger partial charge is 0.273 e. The Morgan fingerprint density at radius 1 is 1.45 bits per heavy atom. The second kappa shape index (κ2) is 6.67. The van der Waals surface area contributed by atoms with Crippen molar-refractivity contribution >= 4 is 21.8 Å². The van der Waals surface area contributed by atoms with Gasteiger partial charge in [-0.3, -0.25) is 4.79 Å². The largest absolute Gasteiger partial charge is 0.383 e.